The quantitative estimate of drug-likeness (QED) is 0.614. The largest absolute Gasteiger partial charge is 0.478 e. The van der Waals surface area contributed by atoms with E-state index < -0.39 is 11.9 Å². The van der Waals surface area contributed by atoms with E-state index in [1.807, 2.05) is 0 Å². The molecule has 1 aromatic carbocycles. The summed E-state index contributed by atoms with van der Waals surface area (Å²) in [6.45, 7) is 3.73. The molecule has 5 heteroatoms. The van der Waals surface area contributed by atoms with Gasteiger partial charge in [-0.15, -0.1) is 0 Å². The molecule has 1 rings (SSSR count). The Morgan fingerprint density at radius 1 is 1.29 bits per heavy atom. The standard InChI is InChI=1S/C12H15NO4/c1-3-7-8(11(14)15)5-6-9(10(7)13)12(16)17-4-2/h5-6H,3-4,13H2,1-2H3,(H,14,15). The van der Waals surface area contributed by atoms with Crippen molar-refractivity contribution in [3.63, 3.8) is 0 Å². The van der Waals surface area contributed by atoms with Crippen molar-refractivity contribution < 1.29 is 19.4 Å². The van der Waals surface area contributed by atoms with E-state index in [0.717, 1.165) is 0 Å². The van der Waals surface area contributed by atoms with Gasteiger partial charge in [0.1, 0.15) is 0 Å². The van der Waals surface area contributed by atoms with Gasteiger partial charge in [0.25, 0.3) is 0 Å². The molecule has 0 fully saturated rings. The zero-order valence-corrected chi connectivity index (χ0v) is 9.82. The number of carboxylic acid groups (broad SMARTS) is 1. The van der Waals surface area contributed by atoms with Crippen molar-refractivity contribution in [1.82, 2.24) is 0 Å². The van der Waals surface area contributed by atoms with E-state index in [1.54, 1.807) is 13.8 Å². The molecule has 0 radical (unpaired) electrons. The predicted molar refractivity (Wildman–Crippen MR) is 63.1 cm³/mol. The Morgan fingerprint density at radius 2 is 1.88 bits per heavy atom. The Labute approximate surface area is 99.2 Å². The Kier molecular flexibility index (Phi) is 4.09. The number of nitrogen functional groups attached to an aromatic ring is 1. The minimum atomic E-state index is -1.05. The van der Waals surface area contributed by atoms with Crippen LogP contribution in [0.15, 0.2) is 12.1 Å². The van der Waals surface area contributed by atoms with Gasteiger partial charge < -0.3 is 15.6 Å². The number of aromatic carboxylic acids is 1. The fourth-order valence-corrected chi connectivity index (χ4v) is 1.63. The molecule has 0 bridgehead atoms. The lowest BCUT2D eigenvalue weighted by atomic mass is 9.99. The van der Waals surface area contributed by atoms with Gasteiger partial charge in [-0.3, -0.25) is 0 Å². The molecule has 3 N–H and O–H groups in total. The molecule has 92 valence electrons. The van der Waals surface area contributed by atoms with E-state index in [-0.39, 0.29) is 23.4 Å². The van der Waals surface area contributed by atoms with Crippen molar-refractivity contribution in [1.29, 1.82) is 0 Å². The number of benzene rings is 1. The Hall–Kier alpha value is -2.04. The number of ether oxygens (including phenoxy) is 1. The maximum atomic E-state index is 11.6. The molecule has 0 aromatic heterocycles. The highest BCUT2D eigenvalue weighted by Gasteiger charge is 2.18. The number of hydrogen-bond donors (Lipinski definition) is 2. The van der Waals surface area contributed by atoms with Gasteiger partial charge in [0.2, 0.25) is 0 Å². The van der Waals surface area contributed by atoms with Gasteiger partial charge >= 0.3 is 11.9 Å². The number of anilines is 1. The highest BCUT2D eigenvalue weighted by Crippen LogP contribution is 2.23. The number of nitrogens with two attached hydrogens (primary N) is 1. The van der Waals surface area contributed by atoms with Crippen molar-refractivity contribution in [3.05, 3.63) is 28.8 Å². The molecule has 0 atom stereocenters. The molecule has 0 spiro atoms. The normalized spacial score (nSPS) is 10.0. The van der Waals surface area contributed by atoms with E-state index in [4.69, 9.17) is 15.6 Å². The lowest BCUT2D eigenvalue weighted by Crippen LogP contribution is -2.13. The Morgan fingerprint density at radius 3 is 2.35 bits per heavy atom. The molecule has 0 saturated heterocycles. The zero-order chi connectivity index (χ0) is 13.0. The van der Waals surface area contributed by atoms with E-state index in [1.165, 1.54) is 12.1 Å². The van der Waals surface area contributed by atoms with Gasteiger partial charge in [0.15, 0.2) is 0 Å². The van der Waals surface area contributed by atoms with Gasteiger partial charge in [-0.1, -0.05) is 6.92 Å². The minimum absolute atomic E-state index is 0.123. The van der Waals surface area contributed by atoms with Crippen LogP contribution in [0.2, 0.25) is 0 Å². The average molecular weight is 237 g/mol. The summed E-state index contributed by atoms with van der Waals surface area (Å²) in [6, 6.07) is 2.76. The van der Waals surface area contributed by atoms with Crippen molar-refractivity contribution in [3.8, 4) is 0 Å². The van der Waals surface area contributed by atoms with Crippen molar-refractivity contribution >= 4 is 17.6 Å². The minimum Gasteiger partial charge on any atom is -0.478 e. The van der Waals surface area contributed by atoms with Crippen LogP contribution >= 0.6 is 0 Å². The number of carbonyl (C=O) groups is 2. The van der Waals surface area contributed by atoms with Gasteiger partial charge in [-0.05, 0) is 31.0 Å². The highest BCUT2D eigenvalue weighted by molar-refractivity contribution is 5.99. The monoisotopic (exact) mass is 237 g/mol. The van der Waals surface area contributed by atoms with Crippen LogP contribution in [-0.4, -0.2) is 23.7 Å². The highest BCUT2D eigenvalue weighted by atomic mass is 16.5. The van der Waals surface area contributed by atoms with Crippen LogP contribution in [0.3, 0.4) is 0 Å². The second kappa shape index (κ2) is 5.34. The van der Waals surface area contributed by atoms with Crippen LogP contribution in [0.1, 0.15) is 40.1 Å². The van der Waals surface area contributed by atoms with Crippen LogP contribution in [-0.2, 0) is 11.2 Å². The summed E-state index contributed by atoms with van der Waals surface area (Å²) in [5.41, 5.74) is 6.79. The molecule has 0 unspecified atom stereocenters. The molecule has 1 aromatic rings. The molecule has 0 aliphatic carbocycles. The first-order chi connectivity index (χ1) is 8.02. The molecule has 0 aliphatic rings. The topological polar surface area (TPSA) is 89.6 Å². The molecular weight excluding hydrogens is 222 g/mol. The van der Waals surface area contributed by atoms with Crippen molar-refractivity contribution in [2.45, 2.75) is 20.3 Å². The van der Waals surface area contributed by atoms with E-state index in [0.29, 0.717) is 12.0 Å². The van der Waals surface area contributed by atoms with Crippen LogP contribution in [0, 0.1) is 0 Å². The fraction of sp³-hybridized carbons (Fsp3) is 0.333. The predicted octanol–water partition coefficient (Wildman–Crippen LogP) is 1.71. The summed E-state index contributed by atoms with van der Waals surface area (Å²) < 4.78 is 4.84. The van der Waals surface area contributed by atoms with E-state index >= 15 is 0 Å². The van der Waals surface area contributed by atoms with Gasteiger partial charge in [-0.2, -0.15) is 0 Å². The van der Waals surface area contributed by atoms with Gasteiger partial charge in [0.05, 0.1) is 23.4 Å². The third-order valence-corrected chi connectivity index (χ3v) is 2.44. The van der Waals surface area contributed by atoms with Crippen LogP contribution in [0.5, 0.6) is 0 Å². The summed E-state index contributed by atoms with van der Waals surface area (Å²) in [6.07, 6.45) is 0.445. The summed E-state index contributed by atoms with van der Waals surface area (Å²) in [5, 5.41) is 8.98. The number of hydrogen-bond acceptors (Lipinski definition) is 4. The Bertz CT molecular complexity index is 454. The molecule has 0 heterocycles. The smallest absolute Gasteiger partial charge is 0.340 e. The fourth-order valence-electron chi connectivity index (χ4n) is 1.63. The molecule has 5 nitrogen and oxygen atoms in total. The SMILES string of the molecule is CCOC(=O)c1ccc(C(=O)O)c(CC)c1N. The van der Waals surface area contributed by atoms with Crippen LogP contribution < -0.4 is 5.73 Å². The maximum Gasteiger partial charge on any atom is 0.340 e. The van der Waals surface area contributed by atoms with Crippen LogP contribution in [0.4, 0.5) is 5.69 Å². The molecule has 0 amide bonds. The second-order valence-corrected chi connectivity index (χ2v) is 3.43. The number of carbonyl (C=O) groups excluding carboxylic acids is 1. The maximum absolute atomic E-state index is 11.6. The lowest BCUT2D eigenvalue weighted by Gasteiger charge is -2.11. The molecule has 0 aliphatic heterocycles. The first-order valence-corrected chi connectivity index (χ1v) is 5.34. The van der Waals surface area contributed by atoms with Crippen molar-refractivity contribution in [2.24, 2.45) is 0 Å². The summed E-state index contributed by atoms with van der Waals surface area (Å²) in [4.78, 5) is 22.5. The average Bonchev–Trinajstić information content (AvgIpc) is 2.28. The third-order valence-electron chi connectivity index (χ3n) is 2.44. The summed E-state index contributed by atoms with van der Waals surface area (Å²) in [7, 11) is 0. The first kappa shape index (κ1) is 13.0. The molecule has 0 saturated carbocycles. The first-order valence-electron chi connectivity index (χ1n) is 5.34. The van der Waals surface area contributed by atoms with E-state index in [2.05, 4.69) is 0 Å². The van der Waals surface area contributed by atoms with Crippen molar-refractivity contribution in [2.75, 3.05) is 12.3 Å². The van der Waals surface area contributed by atoms with Gasteiger partial charge in [-0.25, -0.2) is 9.59 Å². The van der Waals surface area contributed by atoms with Gasteiger partial charge in [0, 0.05) is 0 Å². The summed E-state index contributed by atoms with van der Waals surface area (Å²) >= 11 is 0. The lowest BCUT2D eigenvalue weighted by molar-refractivity contribution is 0.0526. The number of carboxylic acids is 1. The molecular formula is C12H15NO4. The Balaban J connectivity index is 3.29. The third kappa shape index (κ3) is 2.55. The number of esters is 1. The summed E-state index contributed by atoms with van der Waals surface area (Å²) in [5.74, 6) is -1.58. The van der Waals surface area contributed by atoms with Crippen LogP contribution in [0.25, 0.3) is 0 Å². The molecule has 17 heavy (non-hydrogen) atoms. The van der Waals surface area contributed by atoms with E-state index in [9.17, 15) is 9.59 Å². The zero-order valence-electron chi connectivity index (χ0n) is 9.82. The second-order valence-electron chi connectivity index (χ2n) is 3.43. The number of rotatable bonds is 4.